The summed E-state index contributed by atoms with van der Waals surface area (Å²) in [5.41, 5.74) is 6.53. The molecule has 3 N–H and O–H groups in total. The van der Waals surface area contributed by atoms with Crippen LogP contribution in [0.4, 0.5) is 5.69 Å². The van der Waals surface area contributed by atoms with Gasteiger partial charge in [-0.1, -0.05) is 6.92 Å². The molecule has 1 aliphatic rings. The zero-order valence-electron chi connectivity index (χ0n) is 12.1. The Morgan fingerprint density at radius 2 is 2.00 bits per heavy atom. The second-order valence-electron chi connectivity index (χ2n) is 4.69. The van der Waals surface area contributed by atoms with E-state index in [9.17, 15) is 9.59 Å². The third-order valence-electron chi connectivity index (χ3n) is 3.17. The highest BCUT2D eigenvalue weighted by Crippen LogP contribution is 2.36. The molecule has 7 nitrogen and oxygen atoms in total. The summed E-state index contributed by atoms with van der Waals surface area (Å²) in [5.74, 6) is 0.494. The SMILES string of the molecule is CCCN(CC(=O)NC)C(=O)c1cc2c(cc1N)OCO2. The first-order chi connectivity index (χ1) is 10.1. The Balaban J connectivity index is 2.26. The van der Waals surface area contributed by atoms with Crippen molar-refractivity contribution in [2.75, 3.05) is 32.7 Å². The molecule has 0 aromatic heterocycles. The van der Waals surface area contributed by atoms with Crippen LogP contribution >= 0.6 is 0 Å². The van der Waals surface area contributed by atoms with E-state index in [0.29, 0.717) is 29.3 Å². The van der Waals surface area contributed by atoms with Gasteiger partial charge < -0.3 is 25.4 Å². The quantitative estimate of drug-likeness (QED) is 0.775. The van der Waals surface area contributed by atoms with E-state index in [2.05, 4.69) is 5.32 Å². The average molecular weight is 293 g/mol. The molecule has 0 aliphatic carbocycles. The number of rotatable bonds is 5. The number of amides is 2. The standard InChI is InChI=1S/C14H19N3O4/c1-3-4-17(7-13(18)16-2)14(19)9-5-11-12(6-10(9)15)21-8-20-11/h5-6H,3-4,7-8,15H2,1-2H3,(H,16,18). The molecule has 0 saturated carbocycles. The first-order valence-corrected chi connectivity index (χ1v) is 6.75. The normalized spacial score (nSPS) is 12.1. The van der Waals surface area contributed by atoms with E-state index in [1.165, 1.54) is 11.9 Å². The zero-order chi connectivity index (χ0) is 15.4. The molecule has 2 amide bonds. The van der Waals surface area contributed by atoms with Gasteiger partial charge in [-0.15, -0.1) is 0 Å². The molecule has 0 bridgehead atoms. The number of nitrogen functional groups attached to an aromatic ring is 1. The Morgan fingerprint density at radius 1 is 1.33 bits per heavy atom. The van der Waals surface area contributed by atoms with Crippen LogP contribution in [0.25, 0.3) is 0 Å². The summed E-state index contributed by atoms with van der Waals surface area (Å²) in [4.78, 5) is 25.6. The van der Waals surface area contributed by atoms with E-state index in [1.54, 1.807) is 12.1 Å². The monoisotopic (exact) mass is 293 g/mol. The second kappa shape index (κ2) is 6.34. The summed E-state index contributed by atoms with van der Waals surface area (Å²) in [6.07, 6.45) is 0.743. The van der Waals surface area contributed by atoms with Gasteiger partial charge in [0.25, 0.3) is 5.91 Å². The Labute approximate surface area is 123 Å². The fourth-order valence-corrected chi connectivity index (χ4v) is 2.09. The van der Waals surface area contributed by atoms with Crippen molar-refractivity contribution in [2.45, 2.75) is 13.3 Å². The van der Waals surface area contributed by atoms with Crippen LogP contribution in [0.1, 0.15) is 23.7 Å². The van der Waals surface area contributed by atoms with Gasteiger partial charge in [0.2, 0.25) is 12.7 Å². The maximum Gasteiger partial charge on any atom is 0.256 e. The van der Waals surface area contributed by atoms with E-state index in [-0.39, 0.29) is 25.2 Å². The minimum Gasteiger partial charge on any atom is -0.454 e. The number of likely N-dealkylation sites (N-methyl/N-ethyl adjacent to an activating group) is 1. The Hall–Kier alpha value is -2.44. The predicted molar refractivity (Wildman–Crippen MR) is 77.2 cm³/mol. The van der Waals surface area contributed by atoms with Gasteiger partial charge in [-0.3, -0.25) is 9.59 Å². The lowest BCUT2D eigenvalue weighted by Crippen LogP contribution is -2.40. The van der Waals surface area contributed by atoms with Crippen molar-refractivity contribution in [3.8, 4) is 11.5 Å². The summed E-state index contributed by atoms with van der Waals surface area (Å²) in [7, 11) is 1.53. The van der Waals surface area contributed by atoms with E-state index < -0.39 is 0 Å². The lowest BCUT2D eigenvalue weighted by atomic mass is 10.1. The Morgan fingerprint density at radius 3 is 2.62 bits per heavy atom. The van der Waals surface area contributed by atoms with Crippen molar-refractivity contribution in [2.24, 2.45) is 0 Å². The van der Waals surface area contributed by atoms with E-state index in [1.807, 2.05) is 6.92 Å². The number of anilines is 1. The first kappa shape index (κ1) is 15.0. The minimum absolute atomic E-state index is 0.00292. The number of benzene rings is 1. The van der Waals surface area contributed by atoms with Crippen LogP contribution in [0.15, 0.2) is 12.1 Å². The highest BCUT2D eigenvalue weighted by Gasteiger charge is 2.24. The molecule has 2 rings (SSSR count). The van der Waals surface area contributed by atoms with Crippen LogP contribution < -0.4 is 20.5 Å². The molecule has 114 valence electrons. The molecule has 1 aromatic rings. The van der Waals surface area contributed by atoms with Crippen molar-refractivity contribution in [3.05, 3.63) is 17.7 Å². The van der Waals surface area contributed by atoms with E-state index >= 15 is 0 Å². The maximum absolute atomic E-state index is 12.6. The van der Waals surface area contributed by atoms with Crippen molar-refractivity contribution < 1.29 is 19.1 Å². The fraction of sp³-hybridized carbons (Fsp3) is 0.429. The molecule has 21 heavy (non-hydrogen) atoms. The average Bonchev–Trinajstić information content (AvgIpc) is 2.92. The third kappa shape index (κ3) is 3.18. The van der Waals surface area contributed by atoms with Gasteiger partial charge in [-0.2, -0.15) is 0 Å². The van der Waals surface area contributed by atoms with Crippen molar-refractivity contribution in [1.29, 1.82) is 0 Å². The van der Waals surface area contributed by atoms with E-state index in [4.69, 9.17) is 15.2 Å². The number of nitrogens with zero attached hydrogens (tertiary/aromatic N) is 1. The zero-order valence-corrected chi connectivity index (χ0v) is 12.1. The van der Waals surface area contributed by atoms with Gasteiger partial charge in [0, 0.05) is 25.3 Å². The molecule has 0 spiro atoms. The number of carbonyl (C=O) groups is 2. The van der Waals surface area contributed by atoms with Gasteiger partial charge >= 0.3 is 0 Å². The second-order valence-corrected chi connectivity index (χ2v) is 4.69. The number of fused-ring (bicyclic) bond motifs is 1. The fourth-order valence-electron chi connectivity index (χ4n) is 2.09. The van der Waals surface area contributed by atoms with Crippen LogP contribution in [-0.2, 0) is 4.79 Å². The summed E-state index contributed by atoms with van der Waals surface area (Å²) in [5, 5.41) is 2.51. The smallest absolute Gasteiger partial charge is 0.256 e. The number of nitrogens with two attached hydrogens (primary N) is 1. The first-order valence-electron chi connectivity index (χ1n) is 6.75. The predicted octanol–water partition coefficient (Wildman–Crippen LogP) is 0.596. The highest BCUT2D eigenvalue weighted by atomic mass is 16.7. The largest absolute Gasteiger partial charge is 0.454 e. The maximum atomic E-state index is 12.6. The van der Waals surface area contributed by atoms with Gasteiger partial charge in [0.1, 0.15) is 0 Å². The van der Waals surface area contributed by atoms with E-state index in [0.717, 1.165) is 6.42 Å². The molecule has 0 fully saturated rings. The lowest BCUT2D eigenvalue weighted by molar-refractivity contribution is -0.121. The number of hydrogen-bond donors (Lipinski definition) is 2. The molecule has 0 radical (unpaired) electrons. The topological polar surface area (TPSA) is 93.9 Å². The van der Waals surface area contributed by atoms with Gasteiger partial charge in [-0.05, 0) is 12.5 Å². The number of carbonyl (C=O) groups excluding carboxylic acids is 2. The number of hydrogen-bond acceptors (Lipinski definition) is 5. The summed E-state index contributed by atoms with van der Waals surface area (Å²) < 4.78 is 10.5. The Kier molecular flexibility index (Phi) is 4.52. The van der Waals surface area contributed by atoms with Crippen molar-refractivity contribution >= 4 is 17.5 Å². The number of nitrogens with one attached hydrogen (secondary N) is 1. The molecular formula is C14H19N3O4. The summed E-state index contributed by atoms with van der Waals surface area (Å²) >= 11 is 0. The molecule has 1 heterocycles. The van der Waals surface area contributed by atoms with Gasteiger partial charge in [0.15, 0.2) is 11.5 Å². The molecule has 0 saturated heterocycles. The van der Waals surface area contributed by atoms with Gasteiger partial charge in [-0.25, -0.2) is 0 Å². The lowest BCUT2D eigenvalue weighted by Gasteiger charge is -2.22. The van der Waals surface area contributed by atoms with Crippen LogP contribution in [0, 0.1) is 0 Å². The number of ether oxygens (including phenoxy) is 2. The minimum atomic E-state index is -0.295. The molecule has 1 aliphatic heterocycles. The molecule has 7 heteroatoms. The highest BCUT2D eigenvalue weighted by molar-refractivity contribution is 6.01. The molecule has 0 unspecified atom stereocenters. The summed E-state index contributed by atoms with van der Waals surface area (Å²) in [6.45, 7) is 2.52. The summed E-state index contributed by atoms with van der Waals surface area (Å²) in [6, 6.07) is 3.13. The van der Waals surface area contributed by atoms with Crippen LogP contribution in [0.2, 0.25) is 0 Å². The van der Waals surface area contributed by atoms with Crippen molar-refractivity contribution in [1.82, 2.24) is 10.2 Å². The molecular weight excluding hydrogens is 274 g/mol. The molecule has 1 aromatic carbocycles. The van der Waals surface area contributed by atoms with Gasteiger partial charge in [0.05, 0.1) is 12.1 Å². The Bertz CT molecular complexity index is 559. The van der Waals surface area contributed by atoms with Crippen LogP contribution in [0.5, 0.6) is 11.5 Å². The van der Waals surface area contributed by atoms with Crippen LogP contribution in [0.3, 0.4) is 0 Å². The third-order valence-corrected chi connectivity index (χ3v) is 3.17. The van der Waals surface area contributed by atoms with Crippen molar-refractivity contribution in [3.63, 3.8) is 0 Å². The molecule has 0 atom stereocenters. The van der Waals surface area contributed by atoms with Crippen LogP contribution in [-0.4, -0.2) is 43.6 Å².